The molecule has 4 nitrogen and oxygen atoms in total. The van der Waals surface area contributed by atoms with Crippen LogP contribution in [0.5, 0.6) is 0 Å². The average Bonchev–Trinajstić information content (AvgIpc) is 3.11. The first-order valence-corrected chi connectivity index (χ1v) is 5.99. The Labute approximate surface area is 108 Å². The SMILES string of the molecule is O=C1C=CC(=O)C=C1.c1ccsc1.c1cnoc1. The van der Waals surface area contributed by atoms with E-state index < -0.39 is 0 Å². The number of carbonyl (C=O) groups is 2. The van der Waals surface area contributed by atoms with Gasteiger partial charge in [0.25, 0.3) is 0 Å². The molecule has 0 saturated carbocycles. The van der Waals surface area contributed by atoms with Crippen molar-refractivity contribution in [2.45, 2.75) is 0 Å². The quantitative estimate of drug-likeness (QED) is 0.684. The smallest absolute Gasteiger partial charge is 0.178 e. The minimum absolute atomic E-state index is 0.121. The molecule has 0 saturated heterocycles. The van der Waals surface area contributed by atoms with Gasteiger partial charge in [-0.2, -0.15) is 11.3 Å². The van der Waals surface area contributed by atoms with E-state index in [2.05, 4.69) is 9.68 Å². The summed E-state index contributed by atoms with van der Waals surface area (Å²) in [6.07, 6.45) is 8.11. The average molecular weight is 261 g/mol. The zero-order chi connectivity index (χ0) is 13.1. The Morgan fingerprint density at radius 3 is 1.67 bits per heavy atom. The number of rotatable bonds is 0. The summed E-state index contributed by atoms with van der Waals surface area (Å²) in [7, 11) is 0. The highest BCUT2D eigenvalue weighted by atomic mass is 32.1. The predicted molar refractivity (Wildman–Crippen MR) is 69.1 cm³/mol. The van der Waals surface area contributed by atoms with E-state index in [1.54, 1.807) is 23.6 Å². The zero-order valence-corrected chi connectivity index (χ0v) is 10.2. The van der Waals surface area contributed by atoms with Crippen molar-refractivity contribution in [3.05, 3.63) is 65.7 Å². The lowest BCUT2D eigenvalue weighted by Crippen LogP contribution is -1.97. The van der Waals surface area contributed by atoms with Gasteiger partial charge < -0.3 is 4.52 Å². The third-order valence-electron chi connectivity index (χ3n) is 1.60. The van der Waals surface area contributed by atoms with Crippen molar-refractivity contribution < 1.29 is 14.1 Å². The Morgan fingerprint density at radius 2 is 1.44 bits per heavy atom. The van der Waals surface area contributed by atoms with E-state index in [-0.39, 0.29) is 11.6 Å². The van der Waals surface area contributed by atoms with Crippen molar-refractivity contribution in [2.24, 2.45) is 0 Å². The zero-order valence-electron chi connectivity index (χ0n) is 9.43. The topological polar surface area (TPSA) is 60.2 Å². The van der Waals surface area contributed by atoms with Crippen molar-refractivity contribution >= 4 is 22.9 Å². The molecule has 3 rings (SSSR count). The van der Waals surface area contributed by atoms with Crippen LogP contribution in [0.1, 0.15) is 0 Å². The second-order valence-electron chi connectivity index (χ2n) is 2.95. The fourth-order valence-corrected chi connectivity index (χ4v) is 1.30. The van der Waals surface area contributed by atoms with Crippen LogP contribution in [-0.2, 0) is 9.59 Å². The van der Waals surface area contributed by atoms with Crippen molar-refractivity contribution in [3.8, 4) is 0 Å². The molecule has 0 bridgehead atoms. The van der Waals surface area contributed by atoms with Crippen LogP contribution in [0.3, 0.4) is 0 Å². The van der Waals surface area contributed by atoms with Gasteiger partial charge in [-0.3, -0.25) is 9.59 Å². The van der Waals surface area contributed by atoms with E-state index in [4.69, 9.17) is 0 Å². The Balaban J connectivity index is 0.000000141. The van der Waals surface area contributed by atoms with E-state index in [9.17, 15) is 9.59 Å². The fourth-order valence-electron chi connectivity index (χ4n) is 0.842. The molecule has 0 unspecified atom stereocenters. The molecule has 0 atom stereocenters. The van der Waals surface area contributed by atoms with E-state index in [0.29, 0.717) is 0 Å². The summed E-state index contributed by atoms with van der Waals surface area (Å²) in [6, 6.07) is 5.76. The van der Waals surface area contributed by atoms with Gasteiger partial charge in [-0.25, -0.2) is 0 Å². The molecule has 1 aliphatic carbocycles. The van der Waals surface area contributed by atoms with Gasteiger partial charge in [-0.15, -0.1) is 0 Å². The molecule has 18 heavy (non-hydrogen) atoms. The first-order valence-electron chi connectivity index (χ1n) is 5.04. The summed E-state index contributed by atoms with van der Waals surface area (Å²) < 4.78 is 4.33. The van der Waals surface area contributed by atoms with Crippen LogP contribution in [-0.4, -0.2) is 16.7 Å². The van der Waals surface area contributed by atoms with E-state index >= 15 is 0 Å². The molecule has 0 spiro atoms. The predicted octanol–water partition coefficient (Wildman–Crippen LogP) is 2.67. The van der Waals surface area contributed by atoms with Gasteiger partial charge in [0.05, 0.1) is 6.20 Å². The van der Waals surface area contributed by atoms with Gasteiger partial charge in [-0.1, -0.05) is 17.3 Å². The number of hydrogen-bond donors (Lipinski definition) is 0. The Hall–Kier alpha value is -2.27. The molecular formula is C13H11NO3S. The molecule has 0 fully saturated rings. The molecule has 0 radical (unpaired) electrons. The number of carbonyl (C=O) groups excluding carboxylic acids is 2. The number of ketones is 2. The summed E-state index contributed by atoms with van der Waals surface area (Å²) in [5, 5.41) is 7.43. The maximum Gasteiger partial charge on any atom is 0.178 e. The van der Waals surface area contributed by atoms with Gasteiger partial charge in [0, 0.05) is 0 Å². The highest BCUT2D eigenvalue weighted by Gasteiger charge is 1.97. The fraction of sp³-hybridized carbons (Fsp3) is 0. The molecule has 5 heteroatoms. The van der Waals surface area contributed by atoms with Crippen LogP contribution in [0.15, 0.2) is 70.2 Å². The molecule has 0 aromatic carbocycles. The number of thiophene rings is 1. The summed E-state index contributed by atoms with van der Waals surface area (Å²) in [5.74, 6) is -0.241. The summed E-state index contributed by atoms with van der Waals surface area (Å²) in [5.41, 5.74) is 0. The molecule has 0 amide bonds. The minimum Gasteiger partial charge on any atom is -0.365 e. The van der Waals surface area contributed by atoms with Gasteiger partial charge in [0.2, 0.25) is 0 Å². The number of aromatic nitrogens is 1. The molecule has 2 aromatic rings. The molecular weight excluding hydrogens is 250 g/mol. The van der Waals surface area contributed by atoms with Crippen LogP contribution in [0.4, 0.5) is 0 Å². The van der Waals surface area contributed by atoms with E-state index in [0.717, 1.165) is 0 Å². The monoisotopic (exact) mass is 261 g/mol. The molecule has 92 valence electrons. The minimum atomic E-state index is -0.121. The third-order valence-corrected chi connectivity index (χ3v) is 2.22. The van der Waals surface area contributed by atoms with Crippen molar-refractivity contribution in [1.82, 2.24) is 5.16 Å². The first kappa shape index (κ1) is 13.8. The van der Waals surface area contributed by atoms with Gasteiger partial charge >= 0.3 is 0 Å². The van der Waals surface area contributed by atoms with Crippen LogP contribution >= 0.6 is 11.3 Å². The van der Waals surface area contributed by atoms with Gasteiger partial charge in [0.1, 0.15) is 6.26 Å². The normalized spacial score (nSPS) is 12.2. The van der Waals surface area contributed by atoms with Crippen molar-refractivity contribution in [3.63, 3.8) is 0 Å². The highest BCUT2D eigenvalue weighted by Crippen LogP contribution is 1.91. The summed E-state index contributed by atoms with van der Waals surface area (Å²) in [6.45, 7) is 0. The van der Waals surface area contributed by atoms with Crippen LogP contribution < -0.4 is 0 Å². The summed E-state index contributed by atoms with van der Waals surface area (Å²) >= 11 is 1.71. The molecule has 0 N–H and O–H groups in total. The Morgan fingerprint density at radius 1 is 0.889 bits per heavy atom. The number of allylic oxidation sites excluding steroid dienone is 4. The largest absolute Gasteiger partial charge is 0.365 e. The molecule has 2 heterocycles. The highest BCUT2D eigenvalue weighted by molar-refractivity contribution is 7.07. The van der Waals surface area contributed by atoms with Crippen LogP contribution in [0.25, 0.3) is 0 Å². The van der Waals surface area contributed by atoms with E-state index in [1.807, 2.05) is 22.9 Å². The maximum absolute atomic E-state index is 10.3. The van der Waals surface area contributed by atoms with Crippen LogP contribution in [0, 0.1) is 0 Å². The third kappa shape index (κ3) is 7.08. The van der Waals surface area contributed by atoms with E-state index in [1.165, 1.54) is 30.6 Å². The lowest BCUT2D eigenvalue weighted by Gasteiger charge is -1.87. The standard InChI is InChI=1S/C6H4O2.C4H4S.C3H3NO/c7-5-1-2-6(8)4-3-5;2*1-2-4-5-3-1/h1-4H;1-4H;1-3H. The van der Waals surface area contributed by atoms with Gasteiger partial charge in [0.15, 0.2) is 11.6 Å². The van der Waals surface area contributed by atoms with Crippen molar-refractivity contribution in [1.29, 1.82) is 0 Å². The lowest BCUT2D eigenvalue weighted by molar-refractivity contribution is -0.113. The Bertz CT molecular complexity index is 400. The molecule has 0 aliphatic heterocycles. The van der Waals surface area contributed by atoms with Crippen LogP contribution in [0.2, 0.25) is 0 Å². The second-order valence-corrected chi connectivity index (χ2v) is 3.77. The number of hydrogen-bond acceptors (Lipinski definition) is 5. The van der Waals surface area contributed by atoms with Gasteiger partial charge in [-0.05, 0) is 41.1 Å². The lowest BCUT2D eigenvalue weighted by atomic mass is 10.2. The Kier molecular flexibility index (Phi) is 6.77. The molecule has 2 aromatic heterocycles. The number of nitrogens with zero attached hydrogens (tertiary/aromatic N) is 1. The molecule has 1 aliphatic rings. The summed E-state index contributed by atoms with van der Waals surface area (Å²) in [4.78, 5) is 20.6. The van der Waals surface area contributed by atoms with Crippen molar-refractivity contribution in [2.75, 3.05) is 0 Å². The second kappa shape index (κ2) is 8.83. The first-order chi connectivity index (χ1) is 8.79. The maximum atomic E-state index is 10.3.